The molecule has 1 saturated carbocycles. The number of Topliss-reactive ketones (excluding diaryl/α,β-unsaturated/α-hetero) is 1. The van der Waals surface area contributed by atoms with E-state index in [-0.39, 0.29) is 54.1 Å². The number of nitrogens with two attached hydrogens (primary N) is 1. The molecule has 0 radical (unpaired) electrons. The van der Waals surface area contributed by atoms with Gasteiger partial charge in [-0.25, -0.2) is 28.6 Å². The van der Waals surface area contributed by atoms with Gasteiger partial charge >= 0.3 is 29.4 Å². The number of aliphatic carboxylic acids is 1. The molecular weight excluding hydrogens is 1040 g/mol. The average Bonchev–Trinajstić information content (AvgIpc) is 3.89. The molecule has 7 unspecified atom stereocenters. The Kier molecular flexibility index (Phi) is 21.2. The first-order valence-electron chi connectivity index (χ1n) is 24.3. The van der Waals surface area contributed by atoms with Crippen LogP contribution in [0.15, 0.2) is 36.9 Å². The number of ether oxygens (including phenoxy) is 1. The number of benzene rings is 1. The summed E-state index contributed by atoms with van der Waals surface area (Å²) in [6.07, 6.45) is 4.00. The van der Waals surface area contributed by atoms with E-state index in [0.717, 1.165) is 87.9 Å². The summed E-state index contributed by atoms with van der Waals surface area (Å²) in [5.41, 5.74) is 5.76. The molecule has 26 nitrogen and oxygen atoms in total. The minimum Gasteiger partial charge on any atom is -0.481 e. The molecule has 74 heavy (non-hydrogen) atoms. The van der Waals surface area contributed by atoms with Crippen LogP contribution in [0.3, 0.4) is 0 Å². The minimum atomic E-state index is -5.60. The van der Waals surface area contributed by atoms with Gasteiger partial charge in [0, 0.05) is 36.8 Å². The lowest BCUT2D eigenvalue weighted by Gasteiger charge is -2.30. The van der Waals surface area contributed by atoms with Crippen molar-refractivity contribution in [2.75, 3.05) is 32.0 Å². The van der Waals surface area contributed by atoms with Crippen LogP contribution in [-0.2, 0) is 68.3 Å². The number of aliphatic hydroxyl groups excluding tert-OH is 2. The van der Waals surface area contributed by atoms with E-state index in [1.807, 2.05) is 0 Å². The molecule has 2 amide bonds. The number of aliphatic hydroxyl groups is 2. The lowest BCUT2D eigenvalue weighted by atomic mass is 9.87. The van der Waals surface area contributed by atoms with Gasteiger partial charge in [-0.15, -0.1) is 0 Å². The van der Waals surface area contributed by atoms with Crippen molar-refractivity contribution in [2.45, 2.75) is 148 Å². The van der Waals surface area contributed by atoms with Gasteiger partial charge in [-0.05, 0) is 76.3 Å². The van der Waals surface area contributed by atoms with Crippen molar-refractivity contribution in [3.63, 3.8) is 0 Å². The molecule has 1 aliphatic heterocycles. The molecule has 1 aliphatic carbocycles. The first-order valence-corrected chi connectivity index (χ1v) is 28.8. The number of phosphoric ester groups is 3. The maximum Gasteiger partial charge on any atom is 0.481 e. The van der Waals surface area contributed by atoms with Crippen LogP contribution < -0.4 is 16.4 Å². The summed E-state index contributed by atoms with van der Waals surface area (Å²) in [5, 5.41) is 36.0. The highest BCUT2D eigenvalue weighted by Crippen LogP contribution is 2.61. The number of carbonyl (C=O) groups is 4. The fraction of sp³-hybridized carbons (Fsp3) is 0.667. The quantitative estimate of drug-likeness (QED) is 0.0302. The number of nitrogens with one attached hydrogen (secondary N) is 2. The Hall–Kier alpha value is -4.10. The first kappa shape index (κ1) is 60.8. The lowest BCUT2D eigenvalue weighted by Crippen LogP contribution is -2.46. The normalized spacial score (nSPS) is 20.9. The number of nitrogen functional groups attached to an aromatic ring is 1. The van der Waals surface area contributed by atoms with Crippen molar-refractivity contribution in [1.29, 1.82) is 0 Å². The average molecular weight is 1110 g/mol. The van der Waals surface area contributed by atoms with Crippen molar-refractivity contribution in [2.24, 2.45) is 16.2 Å². The summed E-state index contributed by atoms with van der Waals surface area (Å²) in [6, 6.07) is 8.64. The third kappa shape index (κ3) is 18.0. The minimum absolute atomic E-state index is 0.0269. The number of carboxylic acid groups (broad SMARTS) is 1. The number of aryl methyl sites for hydroxylation is 2. The number of aromatic nitrogens is 4. The standard InChI is InChI=1S/C45H70N7O19P3/c1-43(2,42(58)59)19-9-5-7-11-29-13-15-30(16-14-29)12-8-6-10-20-45(21-22-45)32(53)17-23-47-33(54)18-24-48-40(57)37(56)44(3,4)26-68-74(65,66)71-73(63,64)67-25-31-36(70-72(60,61)62)35(55)41(69-31)52-28-51-34-38(46)49-27-50-39(34)52/h13-16,27-28,31,35-37,41,55-56H,5-12,17-26H2,1-4H3,(H,47,54)(H,48,57)(H,58,59)(H,63,64)(H,65,66)(H2,46,49,50)(H2,60,61,62). The van der Waals surface area contributed by atoms with Gasteiger partial charge in [0.2, 0.25) is 11.8 Å². The van der Waals surface area contributed by atoms with Crippen LogP contribution in [-0.4, -0.2) is 129 Å². The highest BCUT2D eigenvalue weighted by molar-refractivity contribution is 7.61. The second-order valence-corrected chi connectivity index (χ2v) is 24.4. The molecule has 29 heteroatoms. The molecule has 0 spiro atoms. The van der Waals surface area contributed by atoms with E-state index in [1.165, 1.54) is 25.0 Å². The van der Waals surface area contributed by atoms with E-state index in [1.54, 1.807) is 13.8 Å². The van der Waals surface area contributed by atoms with Gasteiger partial charge in [0.15, 0.2) is 17.7 Å². The zero-order chi connectivity index (χ0) is 54.7. The molecule has 11 N–H and O–H groups in total. The van der Waals surface area contributed by atoms with E-state index in [0.29, 0.717) is 6.42 Å². The number of carbonyl (C=O) groups excluding carboxylic acids is 3. The third-order valence-corrected chi connectivity index (χ3v) is 16.3. The molecule has 2 aromatic heterocycles. The Morgan fingerprint density at radius 2 is 1.47 bits per heavy atom. The molecule has 3 aromatic rings. The third-order valence-electron chi connectivity index (χ3n) is 13.2. The summed E-state index contributed by atoms with van der Waals surface area (Å²) in [6.45, 7) is 3.91. The Balaban J connectivity index is 0.947. The summed E-state index contributed by atoms with van der Waals surface area (Å²) < 4.78 is 62.6. The molecule has 3 heterocycles. The number of rotatable bonds is 33. The number of hydrogen-bond donors (Lipinski definition) is 10. The van der Waals surface area contributed by atoms with Crippen LogP contribution in [0.5, 0.6) is 0 Å². The van der Waals surface area contributed by atoms with E-state index < -0.39 is 95.9 Å². The van der Waals surface area contributed by atoms with E-state index in [4.69, 9.17) is 19.5 Å². The van der Waals surface area contributed by atoms with Gasteiger partial charge in [0.1, 0.15) is 42.0 Å². The number of hydrogen-bond acceptors (Lipinski definition) is 18. The highest BCUT2D eigenvalue weighted by atomic mass is 31.3. The molecule has 2 fully saturated rings. The highest BCUT2D eigenvalue weighted by Gasteiger charge is 2.51. The molecular formula is C45H70N7O19P3. The van der Waals surface area contributed by atoms with Gasteiger partial charge in [-0.2, -0.15) is 4.31 Å². The van der Waals surface area contributed by atoms with Crippen molar-refractivity contribution in [1.82, 2.24) is 30.2 Å². The van der Waals surface area contributed by atoms with E-state index in [9.17, 15) is 67.8 Å². The number of nitrogens with zero attached hydrogens (tertiary/aromatic N) is 4. The van der Waals surface area contributed by atoms with E-state index in [2.05, 4.69) is 58.7 Å². The first-order chi connectivity index (χ1) is 34.5. The second kappa shape index (κ2) is 25.8. The molecule has 414 valence electrons. The van der Waals surface area contributed by atoms with Gasteiger partial charge in [-0.1, -0.05) is 63.8 Å². The van der Waals surface area contributed by atoms with Crippen LogP contribution >= 0.6 is 23.5 Å². The number of fused-ring (bicyclic) bond motifs is 1. The Morgan fingerprint density at radius 1 is 0.865 bits per heavy atom. The predicted molar refractivity (Wildman–Crippen MR) is 263 cm³/mol. The van der Waals surface area contributed by atoms with E-state index >= 15 is 0 Å². The topological polar surface area (TPSA) is 401 Å². The summed E-state index contributed by atoms with van der Waals surface area (Å²) in [4.78, 5) is 101. The maximum absolute atomic E-state index is 13.1. The number of unbranched alkanes of at least 4 members (excludes halogenated alkanes) is 4. The van der Waals surface area contributed by atoms with Crippen LogP contribution in [0.4, 0.5) is 5.82 Å². The second-order valence-electron chi connectivity index (χ2n) is 20.1. The zero-order valence-corrected chi connectivity index (χ0v) is 44.5. The molecule has 5 rings (SSSR count). The maximum atomic E-state index is 13.1. The van der Waals surface area contributed by atoms with Crippen molar-refractivity contribution < 1.29 is 90.4 Å². The van der Waals surface area contributed by atoms with Crippen LogP contribution in [0.25, 0.3) is 11.2 Å². The predicted octanol–water partition coefficient (Wildman–Crippen LogP) is 4.16. The van der Waals surface area contributed by atoms with Crippen molar-refractivity contribution in [3.8, 4) is 0 Å². The Labute approximate surface area is 428 Å². The fourth-order valence-electron chi connectivity index (χ4n) is 8.36. The fourth-order valence-corrected chi connectivity index (χ4v) is 11.2. The molecule has 2 aliphatic rings. The van der Waals surface area contributed by atoms with Crippen molar-refractivity contribution >= 4 is 64.0 Å². The van der Waals surface area contributed by atoms with Crippen LogP contribution in [0.2, 0.25) is 0 Å². The molecule has 0 bridgehead atoms. The summed E-state index contributed by atoms with van der Waals surface area (Å²) in [5.74, 6) is -2.14. The number of amides is 2. The molecule has 7 atom stereocenters. The van der Waals surface area contributed by atoms with Crippen molar-refractivity contribution in [3.05, 3.63) is 48.0 Å². The monoisotopic (exact) mass is 1110 g/mol. The number of carboxylic acids is 1. The van der Waals surface area contributed by atoms with Gasteiger partial charge in [0.25, 0.3) is 0 Å². The zero-order valence-electron chi connectivity index (χ0n) is 41.8. The summed E-state index contributed by atoms with van der Waals surface area (Å²) in [7, 11) is -16.5. The number of phosphoric acid groups is 3. The largest absolute Gasteiger partial charge is 0.481 e. The van der Waals surface area contributed by atoms with Crippen LogP contribution in [0.1, 0.15) is 122 Å². The SMILES string of the molecule is CC(C)(CCCCCc1ccc(CCCCCC2(C(=O)CCNC(=O)CCNC(=O)C(O)C(C)(C)COP(=O)(O)OP(=O)(O)OCC3OC(n4cnc5c(N)ncnc54)C(O)C3OP(=O)(O)O)CC2)cc1)C(=O)O. The summed E-state index contributed by atoms with van der Waals surface area (Å²) >= 11 is 0. The Bertz CT molecular complexity index is 2560. The molecule has 1 saturated heterocycles. The lowest BCUT2D eigenvalue weighted by molar-refractivity contribution is -0.147. The number of imidazole rings is 1. The van der Waals surface area contributed by atoms with Gasteiger partial charge in [-0.3, -0.25) is 37.3 Å². The molecule has 1 aromatic carbocycles. The van der Waals surface area contributed by atoms with Gasteiger partial charge < -0.3 is 56.0 Å². The Morgan fingerprint density at radius 3 is 2.08 bits per heavy atom. The number of ketones is 1. The van der Waals surface area contributed by atoms with Gasteiger partial charge in [0.05, 0.1) is 25.0 Å². The van der Waals surface area contributed by atoms with Crippen LogP contribution in [0, 0.1) is 16.2 Å². The number of anilines is 1. The smallest absolute Gasteiger partial charge is 0.481 e.